The quantitative estimate of drug-likeness (QED) is 0.599. The molecule has 1 aromatic heterocycles. The molecular weight excluding hydrogens is 428 g/mol. The highest BCUT2D eigenvalue weighted by Gasteiger charge is 2.54. The lowest BCUT2D eigenvalue weighted by molar-refractivity contribution is -0.159. The highest BCUT2D eigenvalue weighted by Crippen LogP contribution is 2.43. The number of pyridine rings is 1. The van der Waals surface area contributed by atoms with Crippen molar-refractivity contribution in [1.82, 2.24) is 14.8 Å². The number of rotatable bonds is 3. The number of fused-ring (bicyclic) bond motifs is 1. The molecule has 2 saturated heterocycles. The van der Waals surface area contributed by atoms with Crippen LogP contribution in [-0.2, 0) is 4.79 Å². The van der Waals surface area contributed by atoms with Crippen molar-refractivity contribution in [2.45, 2.75) is 18.0 Å². The van der Waals surface area contributed by atoms with Gasteiger partial charge in [0.25, 0.3) is 0 Å². The van der Waals surface area contributed by atoms with Crippen LogP contribution in [0.4, 0.5) is 10.5 Å². The largest absolute Gasteiger partial charge is 0.394 e. The van der Waals surface area contributed by atoms with E-state index in [0.717, 1.165) is 16.7 Å². The van der Waals surface area contributed by atoms with Crippen LogP contribution in [0.15, 0.2) is 79.1 Å². The first kappa shape index (κ1) is 21.7. The third kappa shape index (κ3) is 4.24. The first-order chi connectivity index (χ1) is 16.6. The molecule has 0 saturated carbocycles. The molecule has 2 N–H and O–H groups in total. The number of hydrogen-bond acceptors (Lipinski definition) is 4. The molecule has 2 aromatic carbocycles. The van der Waals surface area contributed by atoms with Crippen molar-refractivity contribution in [2.24, 2.45) is 0 Å². The van der Waals surface area contributed by atoms with Crippen LogP contribution in [-0.4, -0.2) is 63.6 Å². The Morgan fingerprint density at radius 2 is 1.79 bits per heavy atom. The fraction of sp³-hybridized carbons (Fsp3) is 0.222. The third-order valence-electron chi connectivity index (χ3n) is 6.37. The van der Waals surface area contributed by atoms with Gasteiger partial charge in [-0.2, -0.15) is 0 Å². The lowest BCUT2D eigenvalue weighted by Gasteiger charge is -2.58. The van der Waals surface area contributed by atoms with Gasteiger partial charge in [-0.1, -0.05) is 42.2 Å². The molecule has 0 aliphatic carbocycles. The molecular formula is C27H24N4O3. The maximum absolute atomic E-state index is 12.8. The van der Waals surface area contributed by atoms with Gasteiger partial charge in [-0.05, 0) is 42.0 Å². The number of carbonyl (C=O) groups is 2. The number of piperazine rings is 1. The summed E-state index contributed by atoms with van der Waals surface area (Å²) in [5.41, 5.74) is 3.41. The Bertz CT molecular complexity index is 1240. The molecule has 2 aliphatic rings. The number of nitrogens with one attached hydrogen (secondary N) is 1. The van der Waals surface area contributed by atoms with Gasteiger partial charge in [0.1, 0.15) is 6.54 Å². The number of hydrogen-bond donors (Lipinski definition) is 2. The topological polar surface area (TPSA) is 85.8 Å². The third-order valence-corrected chi connectivity index (χ3v) is 6.37. The second kappa shape index (κ2) is 9.38. The highest BCUT2D eigenvalue weighted by atomic mass is 16.3. The average molecular weight is 453 g/mol. The van der Waals surface area contributed by atoms with Gasteiger partial charge in [0, 0.05) is 41.7 Å². The minimum Gasteiger partial charge on any atom is -0.394 e. The van der Waals surface area contributed by atoms with Gasteiger partial charge in [-0.25, -0.2) is 4.79 Å². The molecule has 3 heterocycles. The number of nitrogens with zero attached hydrogens (tertiary/aromatic N) is 3. The lowest BCUT2D eigenvalue weighted by atomic mass is 9.73. The first-order valence-electron chi connectivity index (χ1n) is 11.2. The van der Waals surface area contributed by atoms with E-state index in [2.05, 4.69) is 22.1 Å². The van der Waals surface area contributed by atoms with Gasteiger partial charge in [-0.3, -0.25) is 9.78 Å². The van der Waals surface area contributed by atoms with Gasteiger partial charge in [0.15, 0.2) is 0 Å². The zero-order valence-electron chi connectivity index (χ0n) is 18.5. The molecule has 3 amide bonds. The molecule has 7 nitrogen and oxygen atoms in total. The van der Waals surface area contributed by atoms with Crippen molar-refractivity contribution < 1.29 is 14.7 Å². The standard InChI is InChI=1S/C27H24N4O3/c32-18-24-26(21-12-10-19(11-13-21)8-9-20-5-4-14-28-15-20)23-16-30(17-25(33)31(23)24)27(34)29-22-6-2-1-3-7-22/h1-7,10-15,23-24,26,32H,16-18H2,(H,29,34)/t23-,24+,26-/m1/s1. The summed E-state index contributed by atoms with van der Waals surface area (Å²) in [5.74, 6) is 6.02. The summed E-state index contributed by atoms with van der Waals surface area (Å²) in [6.45, 7) is 0.293. The molecule has 3 aromatic rings. The molecule has 5 rings (SSSR count). The van der Waals surface area contributed by atoms with Gasteiger partial charge >= 0.3 is 6.03 Å². The number of aromatic nitrogens is 1. The SMILES string of the molecule is O=C(Nc1ccccc1)N1CC(=O)N2[C@H](C1)[C@@H](c1ccc(C#Cc3cccnc3)cc1)[C@@H]2CO. The van der Waals surface area contributed by atoms with E-state index >= 15 is 0 Å². The number of amides is 3. The van der Waals surface area contributed by atoms with E-state index in [4.69, 9.17) is 0 Å². The number of benzene rings is 2. The Kier molecular flexibility index (Phi) is 5.98. The summed E-state index contributed by atoms with van der Waals surface area (Å²) < 4.78 is 0. The van der Waals surface area contributed by atoms with Gasteiger partial charge in [0.2, 0.25) is 5.91 Å². The molecule has 0 bridgehead atoms. The van der Waals surface area contributed by atoms with Gasteiger partial charge < -0.3 is 20.2 Å². The number of para-hydroxylation sites is 1. The van der Waals surface area contributed by atoms with Crippen LogP contribution in [0.2, 0.25) is 0 Å². The number of carbonyl (C=O) groups excluding carboxylic acids is 2. The van der Waals surface area contributed by atoms with Crippen molar-refractivity contribution in [2.75, 3.05) is 25.0 Å². The monoisotopic (exact) mass is 452 g/mol. The zero-order valence-corrected chi connectivity index (χ0v) is 18.5. The molecule has 0 unspecified atom stereocenters. The molecule has 7 heteroatoms. The second-order valence-electron chi connectivity index (χ2n) is 8.43. The van der Waals surface area contributed by atoms with Crippen LogP contribution in [0, 0.1) is 11.8 Å². The van der Waals surface area contributed by atoms with Crippen LogP contribution in [0.5, 0.6) is 0 Å². The minimum atomic E-state index is -0.300. The van der Waals surface area contributed by atoms with Crippen LogP contribution < -0.4 is 5.32 Å². The Morgan fingerprint density at radius 3 is 2.50 bits per heavy atom. The summed E-state index contributed by atoms with van der Waals surface area (Å²) in [6.07, 6.45) is 3.43. The van der Waals surface area contributed by atoms with E-state index in [9.17, 15) is 14.7 Å². The van der Waals surface area contributed by atoms with Crippen LogP contribution in [0.3, 0.4) is 0 Å². The molecule has 0 radical (unpaired) electrons. The number of anilines is 1. The molecule has 34 heavy (non-hydrogen) atoms. The number of aliphatic hydroxyl groups is 1. The molecule has 2 fully saturated rings. The molecule has 0 spiro atoms. The fourth-order valence-electron chi connectivity index (χ4n) is 4.75. The molecule has 2 aliphatic heterocycles. The predicted molar refractivity (Wildman–Crippen MR) is 128 cm³/mol. The summed E-state index contributed by atoms with van der Waals surface area (Å²) >= 11 is 0. The Labute approximate surface area is 198 Å². The minimum absolute atomic E-state index is 0.00125. The van der Waals surface area contributed by atoms with Gasteiger partial charge in [-0.15, -0.1) is 0 Å². The van der Waals surface area contributed by atoms with Crippen LogP contribution in [0.25, 0.3) is 0 Å². The van der Waals surface area contributed by atoms with E-state index in [-0.39, 0.29) is 43.1 Å². The van der Waals surface area contributed by atoms with E-state index in [0.29, 0.717) is 12.2 Å². The molecule has 3 atom stereocenters. The lowest BCUT2D eigenvalue weighted by Crippen LogP contribution is -2.73. The maximum Gasteiger partial charge on any atom is 0.322 e. The van der Waals surface area contributed by atoms with Crippen LogP contribution in [0.1, 0.15) is 22.6 Å². The van der Waals surface area contributed by atoms with Gasteiger partial charge in [0.05, 0.1) is 18.7 Å². The Morgan fingerprint density at radius 1 is 1.03 bits per heavy atom. The van der Waals surface area contributed by atoms with Crippen molar-refractivity contribution in [3.05, 3.63) is 95.8 Å². The Hall–Kier alpha value is -4.15. The van der Waals surface area contributed by atoms with Crippen molar-refractivity contribution in [3.8, 4) is 11.8 Å². The van der Waals surface area contributed by atoms with Crippen molar-refractivity contribution in [3.63, 3.8) is 0 Å². The summed E-state index contributed by atoms with van der Waals surface area (Å²) in [5, 5.41) is 12.8. The van der Waals surface area contributed by atoms with E-state index in [1.165, 1.54) is 0 Å². The zero-order chi connectivity index (χ0) is 23.5. The van der Waals surface area contributed by atoms with Crippen molar-refractivity contribution >= 4 is 17.6 Å². The normalized spacial score (nSPS) is 21.1. The highest BCUT2D eigenvalue weighted by molar-refractivity contribution is 5.93. The van der Waals surface area contributed by atoms with Crippen LogP contribution >= 0.6 is 0 Å². The Balaban J connectivity index is 1.31. The summed E-state index contributed by atoms with van der Waals surface area (Å²) in [6, 6.07) is 20.0. The predicted octanol–water partition coefficient (Wildman–Crippen LogP) is 2.68. The summed E-state index contributed by atoms with van der Waals surface area (Å²) in [7, 11) is 0. The van der Waals surface area contributed by atoms with E-state index in [1.54, 1.807) is 22.2 Å². The smallest absolute Gasteiger partial charge is 0.322 e. The second-order valence-corrected chi connectivity index (χ2v) is 8.43. The number of aliphatic hydroxyl groups excluding tert-OH is 1. The first-order valence-corrected chi connectivity index (χ1v) is 11.2. The maximum atomic E-state index is 12.8. The fourth-order valence-corrected chi connectivity index (χ4v) is 4.75. The summed E-state index contributed by atoms with van der Waals surface area (Å²) in [4.78, 5) is 32.9. The number of urea groups is 1. The van der Waals surface area contributed by atoms with E-state index in [1.807, 2.05) is 66.7 Å². The van der Waals surface area contributed by atoms with E-state index < -0.39 is 0 Å². The average Bonchev–Trinajstić information content (AvgIpc) is 2.86. The molecule has 170 valence electrons. The van der Waals surface area contributed by atoms with Crippen molar-refractivity contribution in [1.29, 1.82) is 0 Å².